The maximum atomic E-state index is 12.6. The highest BCUT2D eigenvalue weighted by Gasteiger charge is 2.38. The number of carbonyl (C=O) groups excluding carboxylic acids is 2. The number of Topliss-reactive ketones (excluding diaryl/α,β-unsaturated/α-hetero) is 1. The lowest BCUT2D eigenvalue weighted by Crippen LogP contribution is -2.37. The summed E-state index contributed by atoms with van der Waals surface area (Å²) in [6.45, 7) is 5.21. The van der Waals surface area contributed by atoms with E-state index in [2.05, 4.69) is 9.98 Å². The molecule has 2 heterocycles. The van der Waals surface area contributed by atoms with Crippen LogP contribution in [0.25, 0.3) is 0 Å². The fourth-order valence-electron chi connectivity index (χ4n) is 3.08. The zero-order chi connectivity index (χ0) is 18.8. The fourth-order valence-corrected chi connectivity index (χ4v) is 3.08. The number of likely N-dealkylation sites (N-methyl/N-ethyl adjacent to an activating group) is 1. The second-order valence-corrected chi connectivity index (χ2v) is 6.03. The zero-order valence-electron chi connectivity index (χ0n) is 14.5. The van der Waals surface area contributed by atoms with Gasteiger partial charge in [0.2, 0.25) is 0 Å². The average Bonchev–Trinajstić information content (AvgIpc) is 2.64. The van der Waals surface area contributed by atoms with Gasteiger partial charge in [-0.25, -0.2) is 0 Å². The van der Waals surface area contributed by atoms with Crippen molar-refractivity contribution in [2.75, 3.05) is 13.1 Å². The SMILES string of the molecule is CCCN(CC)C(=O)C1=CC2=CC=C3C(=O)C([N+](=O)[O-])=CN=C3C2N=C1. The van der Waals surface area contributed by atoms with E-state index in [4.69, 9.17) is 0 Å². The molecule has 8 nitrogen and oxygen atoms in total. The summed E-state index contributed by atoms with van der Waals surface area (Å²) in [6.07, 6.45) is 8.24. The molecule has 0 fully saturated rings. The van der Waals surface area contributed by atoms with Crippen LogP contribution >= 0.6 is 0 Å². The smallest absolute Gasteiger partial charge is 0.335 e. The Morgan fingerprint density at radius 1 is 1.35 bits per heavy atom. The Labute approximate surface area is 150 Å². The largest absolute Gasteiger partial charge is 0.339 e. The first-order valence-electron chi connectivity index (χ1n) is 8.41. The number of allylic oxidation sites excluding steroid dienone is 3. The van der Waals surface area contributed by atoms with Gasteiger partial charge in [0.25, 0.3) is 11.7 Å². The summed E-state index contributed by atoms with van der Waals surface area (Å²) in [5, 5.41) is 10.9. The van der Waals surface area contributed by atoms with E-state index in [9.17, 15) is 19.7 Å². The van der Waals surface area contributed by atoms with Gasteiger partial charge < -0.3 is 4.90 Å². The van der Waals surface area contributed by atoms with E-state index in [0.29, 0.717) is 24.4 Å². The van der Waals surface area contributed by atoms with Crippen LogP contribution in [-0.2, 0) is 9.59 Å². The van der Waals surface area contributed by atoms with E-state index in [-0.39, 0.29) is 11.5 Å². The lowest BCUT2D eigenvalue weighted by Gasteiger charge is -2.27. The number of rotatable bonds is 5. The Hall–Kier alpha value is -3.16. The minimum Gasteiger partial charge on any atom is -0.339 e. The van der Waals surface area contributed by atoms with Crippen molar-refractivity contribution >= 4 is 23.6 Å². The van der Waals surface area contributed by atoms with Crippen molar-refractivity contribution in [2.24, 2.45) is 9.98 Å². The number of fused-ring (bicyclic) bond motifs is 3. The number of ketones is 1. The van der Waals surface area contributed by atoms with Crippen LogP contribution in [0.5, 0.6) is 0 Å². The van der Waals surface area contributed by atoms with Gasteiger partial charge in [-0.15, -0.1) is 0 Å². The molecule has 26 heavy (non-hydrogen) atoms. The van der Waals surface area contributed by atoms with Crippen LogP contribution in [0.1, 0.15) is 20.3 Å². The van der Waals surface area contributed by atoms with Crippen molar-refractivity contribution in [1.82, 2.24) is 4.90 Å². The van der Waals surface area contributed by atoms with Gasteiger partial charge >= 0.3 is 5.70 Å². The third kappa shape index (κ3) is 2.94. The first-order chi connectivity index (χ1) is 12.5. The third-order valence-electron chi connectivity index (χ3n) is 4.39. The standard InChI is InChI=1S/C18H18N4O4/c1-3-7-21(4-2)18(24)12-8-11-5-6-13-16(15(11)19-9-12)20-10-14(17(13)23)22(25)26/h5-6,8-10,15H,3-4,7H2,1-2H3. The summed E-state index contributed by atoms with van der Waals surface area (Å²) >= 11 is 0. The number of dihydropyridines is 1. The van der Waals surface area contributed by atoms with E-state index >= 15 is 0 Å². The third-order valence-corrected chi connectivity index (χ3v) is 4.39. The molecule has 134 valence electrons. The van der Waals surface area contributed by atoms with E-state index in [1.807, 2.05) is 13.8 Å². The maximum Gasteiger partial charge on any atom is 0.335 e. The van der Waals surface area contributed by atoms with Crippen LogP contribution in [0.3, 0.4) is 0 Å². The zero-order valence-corrected chi connectivity index (χ0v) is 14.5. The molecule has 0 aromatic rings. The first kappa shape index (κ1) is 17.7. The number of nitrogens with zero attached hydrogens (tertiary/aromatic N) is 4. The molecular weight excluding hydrogens is 336 g/mol. The molecule has 8 heteroatoms. The quantitative estimate of drug-likeness (QED) is 0.552. The highest BCUT2D eigenvalue weighted by Crippen LogP contribution is 2.29. The van der Waals surface area contributed by atoms with Crippen LogP contribution < -0.4 is 0 Å². The topological polar surface area (TPSA) is 105 Å². The summed E-state index contributed by atoms with van der Waals surface area (Å²) in [5.74, 6) is -0.763. The van der Waals surface area contributed by atoms with Crippen molar-refractivity contribution in [3.8, 4) is 0 Å². The van der Waals surface area contributed by atoms with E-state index in [0.717, 1.165) is 18.2 Å². The lowest BCUT2D eigenvalue weighted by molar-refractivity contribution is -0.418. The minimum absolute atomic E-state index is 0.0931. The Bertz CT molecular complexity index is 874. The molecule has 0 spiro atoms. The van der Waals surface area contributed by atoms with Gasteiger partial charge in [0.15, 0.2) is 0 Å². The van der Waals surface area contributed by atoms with Gasteiger partial charge in [-0.3, -0.25) is 29.7 Å². The highest BCUT2D eigenvalue weighted by atomic mass is 16.6. The molecule has 1 unspecified atom stereocenters. The Kier molecular flexibility index (Phi) is 4.75. The van der Waals surface area contributed by atoms with Crippen molar-refractivity contribution in [2.45, 2.75) is 26.3 Å². The number of hydrogen-bond acceptors (Lipinski definition) is 6. The fraction of sp³-hybridized carbons (Fsp3) is 0.333. The molecule has 2 aliphatic heterocycles. The van der Waals surface area contributed by atoms with E-state index in [1.165, 1.54) is 12.3 Å². The average molecular weight is 354 g/mol. The predicted octanol–water partition coefficient (Wildman–Crippen LogP) is 1.63. The highest BCUT2D eigenvalue weighted by molar-refractivity contribution is 6.32. The van der Waals surface area contributed by atoms with Gasteiger partial charge in [0.05, 0.1) is 21.8 Å². The molecule has 1 atom stereocenters. The van der Waals surface area contributed by atoms with Crippen LogP contribution in [0, 0.1) is 10.1 Å². The molecule has 0 saturated carbocycles. The molecule has 1 amide bonds. The maximum absolute atomic E-state index is 12.6. The lowest BCUT2D eigenvalue weighted by atomic mass is 9.85. The summed E-state index contributed by atoms with van der Waals surface area (Å²) in [4.78, 5) is 45.2. The van der Waals surface area contributed by atoms with Crippen LogP contribution in [0.4, 0.5) is 0 Å². The molecule has 0 aromatic carbocycles. The number of hydrogen-bond donors (Lipinski definition) is 0. The summed E-state index contributed by atoms with van der Waals surface area (Å²) < 4.78 is 0. The van der Waals surface area contributed by atoms with Gasteiger partial charge in [0.1, 0.15) is 12.2 Å². The van der Waals surface area contributed by atoms with Gasteiger partial charge in [-0.2, -0.15) is 0 Å². The van der Waals surface area contributed by atoms with Gasteiger partial charge in [-0.1, -0.05) is 13.0 Å². The molecule has 3 aliphatic rings. The van der Waals surface area contributed by atoms with Crippen LogP contribution in [0.15, 0.2) is 56.8 Å². The summed E-state index contributed by atoms with van der Waals surface area (Å²) in [7, 11) is 0. The Balaban J connectivity index is 1.91. The molecular formula is C18H18N4O4. The summed E-state index contributed by atoms with van der Waals surface area (Å²) in [6, 6.07) is -0.527. The van der Waals surface area contributed by atoms with E-state index in [1.54, 1.807) is 17.1 Å². The molecule has 0 N–H and O–H groups in total. The molecule has 1 aliphatic carbocycles. The summed E-state index contributed by atoms with van der Waals surface area (Å²) in [5.41, 5.74) is 1.20. The Morgan fingerprint density at radius 2 is 2.12 bits per heavy atom. The normalized spacial score (nSPS) is 20.8. The number of amides is 1. The van der Waals surface area contributed by atoms with Crippen molar-refractivity contribution < 1.29 is 14.5 Å². The van der Waals surface area contributed by atoms with Crippen molar-refractivity contribution in [1.29, 1.82) is 0 Å². The molecule has 0 saturated heterocycles. The number of carbonyl (C=O) groups is 2. The molecule has 3 rings (SSSR count). The second-order valence-electron chi connectivity index (χ2n) is 6.03. The monoisotopic (exact) mass is 354 g/mol. The first-order valence-corrected chi connectivity index (χ1v) is 8.41. The van der Waals surface area contributed by atoms with Crippen molar-refractivity contribution in [3.05, 3.63) is 57.0 Å². The number of aliphatic imine (C=N–C) groups is 2. The van der Waals surface area contributed by atoms with Crippen molar-refractivity contribution in [3.63, 3.8) is 0 Å². The number of nitro groups is 1. The Morgan fingerprint density at radius 3 is 2.77 bits per heavy atom. The van der Waals surface area contributed by atoms with Crippen LogP contribution in [-0.4, -0.2) is 52.6 Å². The second kappa shape index (κ2) is 6.99. The molecule has 0 bridgehead atoms. The van der Waals surface area contributed by atoms with Crippen LogP contribution in [0.2, 0.25) is 0 Å². The van der Waals surface area contributed by atoms with Gasteiger partial charge in [-0.05, 0) is 31.1 Å². The molecule has 0 aromatic heterocycles. The predicted molar refractivity (Wildman–Crippen MR) is 96.6 cm³/mol. The minimum atomic E-state index is -0.740. The van der Waals surface area contributed by atoms with E-state index < -0.39 is 22.4 Å². The molecule has 0 radical (unpaired) electrons. The van der Waals surface area contributed by atoms with Gasteiger partial charge in [0, 0.05) is 19.3 Å².